The maximum absolute atomic E-state index is 12.4. The van der Waals surface area contributed by atoms with E-state index in [1.165, 1.54) is 23.5 Å². The maximum Gasteiger partial charge on any atom is 0.337 e. The van der Waals surface area contributed by atoms with Gasteiger partial charge in [-0.15, -0.1) is 11.3 Å². The fourth-order valence-corrected chi connectivity index (χ4v) is 4.44. The number of nitrogens with one attached hydrogen (secondary N) is 1. The van der Waals surface area contributed by atoms with Crippen molar-refractivity contribution in [3.63, 3.8) is 0 Å². The third kappa shape index (κ3) is 10.7. The number of benzene rings is 1. The van der Waals surface area contributed by atoms with Gasteiger partial charge in [-0.3, -0.25) is 9.89 Å². The van der Waals surface area contributed by atoms with Crippen molar-refractivity contribution in [3.8, 4) is 0 Å². The molecule has 0 aliphatic carbocycles. The quantitative estimate of drug-likeness (QED) is 0.249. The predicted molar refractivity (Wildman–Crippen MR) is 146 cm³/mol. The average molecular weight is 616 g/mol. The van der Waals surface area contributed by atoms with Crippen molar-refractivity contribution in [2.45, 2.75) is 13.0 Å². The molecule has 1 unspecified atom stereocenters. The van der Waals surface area contributed by atoms with Gasteiger partial charge in [-0.1, -0.05) is 22.0 Å². The van der Waals surface area contributed by atoms with Crippen LogP contribution >= 0.6 is 27.3 Å². The maximum atomic E-state index is 12.4. The van der Waals surface area contributed by atoms with Crippen molar-refractivity contribution in [1.29, 1.82) is 0 Å². The summed E-state index contributed by atoms with van der Waals surface area (Å²) in [7, 11) is 1.00. The highest BCUT2D eigenvalue weighted by Gasteiger charge is 2.27. The van der Waals surface area contributed by atoms with Crippen LogP contribution in [0.25, 0.3) is 0 Å². The summed E-state index contributed by atoms with van der Waals surface area (Å²) in [5.41, 5.74) is 1.30. The van der Waals surface area contributed by atoms with Gasteiger partial charge in [-0.25, -0.2) is 14.2 Å². The molecule has 0 radical (unpaired) electrons. The second kappa shape index (κ2) is 17.9. The van der Waals surface area contributed by atoms with E-state index in [0.717, 1.165) is 35.1 Å². The Morgan fingerprint density at radius 2 is 2.24 bits per heavy atom. The molecule has 208 valence electrons. The van der Waals surface area contributed by atoms with E-state index < -0.39 is 0 Å². The van der Waals surface area contributed by atoms with Gasteiger partial charge in [0.2, 0.25) is 0 Å². The number of hydrogen-bond acceptors (Lipinski definition) is 11. The average Bonchev–Trinajstić information content (AvgIpc) is 3.46. The van der Waals surface area contributed by atoms with Crippen molar-refractivity contribution < 1.29 is 33.3 Å². The summed E-state index contributed by atoms with van der Waals surface area (Å²) >= 11 is 4.61. The topological polar surface area (TPSA) is 123 Å². The van der Waals surface area contributed by atoms with Crippen LogP contribution in [-0.2, 0) is 23.8 Å². The lowest BCUT2D eigenvalue weighted by Gasteiger charge is -2.34. The van der Waals surface area contributed by atoms with Crippen molar-refractivity contribution >= 4 is 45.4 Å². The van der Waals surface area contributed by atoms with Gasteiger partial charge in [0.05, 0.1) is 38.0 Å². The standard InChI is InChI=1S/C18H24N4O5S.C6H4BrF.CH4O/c1-2-26-18(24)14-9-20-16(17-19-3-8-28-17)21-15(14)11-22-4-6-27-13(10-22)12-25-7-5-23;7-5-2-1-3-6(8)4-5;1-2/h3,5,8,13H,2,4,6-7,9-12H2,1H3,(H,20,21);1-4H;2H,1H3. The lowest BCUT2D eigenvalue weighted by molar-refractivity contribution is -0.138. The molecular formula is C25H32BrFN4O6S. The molecule has 0 spiro atoms. The zero-order chi connectivity index (χ0) is 27.8. The molecule has 0 bridgehead atoms. The molecule has 2 N–H and O–H groups in total. The Morgan fingerprint density at radius 3 is 2.87 bits per heavy atom. The van der Waals surface area contributed by atoms with Crippen molar-refractivity contribution in [3.05, 3.63) is 62.4 Å². The number of aromatic nitrogens is 1. The van der Waals surface area contributed by atoms with Crippen LogP contribution in [0.15, 0.2) is 56.6 Å². The molecule has 2 aliphatic heterocycles. The number of esters is 1. The van der Waals surface area contributed by atoms with Crippen LogP contribution in [0, 0.1) is 5.82 Å². The second-order valence-corrected chi connectivity index (χ2v) is 9.49. The molecule has 1 atom stereocenters. The van der Waals surface area contributed by atoms with Crippen LogP contribution in [0.3, 0.4) is 0 Å². The molecule has 10 nitrogen and oxygen atoms in total. The molecule has 3 heterocycles. The Morgan fingerprint density at radius 1 is 1.42 bits per heavy atom. The molecule has 2 aromatic rings. The summed E-state index contributed by atoms with van der Waals surface area (Å²) in [6.45, 7) is 5.24. The molecule has 0 saturated carbocycles. The number of amidine groups is 1. The number of morpholine rings is 1. The Kier molecular flexibility index (Phi) is 14.9. The summed E-state index contributed by atoms with van der Waals surface area (Å²) in [6, 6.07) is 6.26. The first-order chi connectivity index (χ1) is 18.5. The summed E-state index contributed by atoms with van der Waals surface area (Å²) in [6.07, 6.45) is 2.33. The molecule has 38 heavy (non-hydrogen) atoms. The highest BCUT2D eigenvalue weighted by molar-refractivity contribution is 9.10. The number of aldehydes is 1. The molecule has 1 fully saturated rings. The number of carbonyl (C=O) groups excluding carboxylic acids is 2. The minimum atomic E-state index is -0.355. The highest BCUT2D eigenvalue weighted by Crippen LogP contribution is 2.17. The first-order valence-corrected chi connectivity index (χ1v) is 13.5. The van der Waals surface area contributed by atoms with Gasteiger partial charge in [-0.05, 0) is 25.1 Å². The Hall–Kier alpha value is -2.55. The Balaban J connectivity index is 0.000000428. The number of aliphatic hydroxyl groups excluding tert-OH is 1. The molecular weight excluding hydrogens is 583 g/mol. The molecule has 1 aromatic carbocycles. The zero-order valence-electron chi connectivity index (χ0n) is 21.3. The molecule has 0 amide bonds. The van der Waals surface area contributed by atoms with Crippen molar-refractivity contribution in [2.24, 2.45) is 4.99 Å². The van der Waals surface area contributed by atoms with Crippen LogP contribution in [0.2, 0.25) is 0 Å². The van der Waals surface area contributed by atoms with Crippen LogP contribution < -0.4 is 5.32 Å². The SMILES string of the molecule is CCOC(=O)C1=C(CN2CCOC(COCC=O)C2)NC(c2nccs2)=NC1.CO.Fc1cccc(Br)c1. The Bertz CT molecular complexity index is 1050. The van der Waals surface area contributed by atoms with Crippen LogP contribution in [0.4, 0.5) is 4.39 Å². The number of rotatable bonds is 9. The van der Waals surface area contributed by atoms with Gasteiger partial charge in [-0.2, -0.15) is 0 Å². The highest BCUT2D eigenvalue weighted by atomic mass is 79.9. The van der Waals surface area contributed by atoms with Gasteiger partial charge in [0.1, 0.15) is 18.7 Å². The molecule has 1 aromatic heterocycles. The van der Waals surface area contributed by atoms with Crippen LogP contribution in [0.1, 0.15) is 11.9 Å². The minimum Gasteiger partial charge on any atom is -0.463 e. The lowest BCUT2D eigenvalue weighted by Crippen LogP contribution is -2.47. The first kappa shape index (κ1) is 31.7. The summed E-state index contributed by atoms with van der Waals surface area (Å²) in [5.74, 6) is 0.0996. The van der Waals surface area contributed by atoms with E-state index in [9.17, 15) is 14.0 Å². The summed E-state index contributed by atoms with van der Waals surface area (Å²) in [5, 5.41) is 12.9. The van der Waals surface area contributed by atoms with E-state index in [0.29, 0.717) is 44.3 Å². The Labute approximate surface area is 233 Å². The summed E-state index contributed by atoms with van der Waals surface area (Å²) < 4.78 is 29.1. The van der Waals surface area contributed by atoms with Crippen LogP contribution in [0.5, 0.6) is 0 Å². The van der Waals surface area contributed by atoms with Gasteiger partial charge in [0, 0.05) is 48.5 Å². The number of hydrogen-bond donors (Lipinski definition) is 2. The number of carbonyl (C=O) groups is 2. The largest absolute Gasteiger partial charge is 0.463 e. The first-order valence-electron chi connectivity index (χ1n) is 11.8. The lowest BCUT2D eigenvalue weighted by atomic mass is 10.1. The van der Waals surface area contributed by atoms with Crippen molar-refractivity contribution in [2.75, 3.05) is 59.7 Å². The number of ether oxygens (including phenoxy) is 3. The van der Waals surface area contributed by atoms with Gasteiger partial charge in [0.25, 0.3) is 0 Å². The smallest absolute Gasteiger partial charge is 0.337 e. The van der Waals surface area contributed by atoms with E-state index >= 15 is 0 Å². The van der Waals surface area contributed by atoms with E-state index in [1.807, 2.05) is 5.38 Å². The number of halogens is 2. The number of aliphatic hydroxyl groups is 1. The van der Waals surface area contributed by atoms with E-state index in [1.54, 1.807) is 25.3 Å². The number of aliphatic imine (C=N–C) groups is 1. The predicted octanol–water partition coefficient (Wildman–Crippen LogP) is 2.42. The zero-order valence-corrected chi connectivity index (χ0v) is 23.7. The third-order valence-electron chi connectivity index (χ3n) is 5.07. The summed E-state index contributed by atoms with van der Waals surface area (Å²) in [4.78, 5) is 33.7. The number of nitrogens with zero attached hydrogens (tertiary/aromatic N) is 3. The van der Waals surface area contributed by atoms with E-state index in [4.69, 9.17) is 19.3 Å². The van der Waals surface area contributed by atoms with Gasteiger partial charge < -0.3 is 29.4 Å². The third-order valence-corrected chi connectivity index (χ3v) is 6.34. The molecule has 1 saturated heterocycles. The molecule has 13 heteroatoms. The molecule has 2 aliphatic rings. The fraction of sp³-hybridized carbons (Fsp3) is 0.440. The fourth-order valence-electron chi connectivity index (χ4n) is 3.47. The molecule has 4 rings (SSSR count). The number of thiazole rings is 1. The van der Waals surface area contributed by atoms with E-state index in [2.05, 4.69) is 36.1 Å². The van der Waals surface area contributed by atoms with Crippen LogP contribution in [-0.4, -0.2) is 98.9 Å². The van der Waals surface area contributed by atoms with Gasteiger partial charge in [0.15, 0.2) is 10.8 Å². The second-order valence-electron chi connectivity index (χ2n) is 7.68. The minimum absolute atomic E-state index is 0.0627. The van der Waals surface area contributed by atoms with Crippen molar-refractivity contribution in [1.82, 2.24) is 15.2 Å². The monoisotopic (exact) mass is 614 g/mol. The van der Waals surface area contributed by atoms with Gasteiger partial charge >= 0.3 is 5.97 Å². The normalized spacial score (nSPS) is 17.2. The van der Waals surface area contributed by atoms with E-state index in [-0.39, 0.29) is 31.0 Å².